The molecule has 6 heteroatoms. The lowest BCUT2D eigenvalue weighted by Gasteiger charge is -2.08. The van der Waals surface area contributed by atoms with Gasteiger partial charge in [0, 0.05) is 25.0 Å². The second-order valence-corrected chi connectivity index (χ2v) is 4.31. The lowest BCUT2D eigenvalue weighted by Crippen LogP contribution is -2.11. The monoisotopic (exact) mass is 264 g/mol. The van der Waals surface area contributed by atoms with Gasteiger partial charge < -0.3 is 15.6 Å². The third kappa shape index (κ3) is 2.65. The number of aromatic nitrogens is 2. The van der Waals surface area contributed by atoms with E-state index in [-0.39, 0.29) is 10.8 Å². The molecule has 0 aliphatic rings. The smallest absolute Gasteiger partial charge is 0.146 e. The third-order valence-corrected chi connectivity index (χ3v) is 2.85. The second kappa shape index (κ2) is 5.14. The molecule has 1 aromatic heterocycles. The lowest BCUT2D eigenvalue weighted by molar-refractivity contribution is 0.629. The predicted molar refractivity (Wildman–Crippen MR) is 72.8 cm³/mol. The van der Waals surface area contributed by atoms with Crippen molar-refractivity contribution in [3.8, 4) is 0 Å². The van der Waals surface area contributed by atoms with Crippen LogP contribution in [0.1, 0.15) is 11.4 Å². The fourth-order valence-electron chi connectivity index (χ4n) is 1.55. The van der Waals surface area contributed by atoms with Crippen molar-refractivity contribution in [2.75, 3.05) is 5.32 Å². The number of halogens is 1. The van der Waals surface area contributed by atoms with E-state index in [1.54, 1.807) is 18.3 Å². The molecule has 0 atom stereocenters. The van der Waals surface area contributed by atoms with Crippen LogP contribution in [-0.2, 0) is 13.6 Å². The minimum atomic E-state index is -0.380. The molecule has 0 aliphatic carbocycles. The maximum Gasteiger partial charge on any atom is 0.146 e. The number of imidazole rings is 1. The zero-order valence-corrected chi connectivity index (χ0v) is 10.7. The van der Waals surface area contributed by atoms with Gasteiger partial charge in [-0.2, -0.15) is 0 Å². The van der Waals surface area contributed by atoms with Crippen molar-refractivity contribution >= 4 is 22.9 Å². The molecule has 0 amide bonds. The highest BCUT2D eigenvalue weighted by Crippen LogP contribution is 2.16. The molecule has 2 aromatic rings. The van der Waals surface area contributed by atoms with Crippen LogP contribution in [0.4, 0.5) is 10.1 Å². The van der Waals surface area contributed by atoms with Gasteiger partial charge in [-0.15, -0.1) is 0 Å². The molecule has 0 fully saturated rings. The van der Waals surface area contributed by atoms with Crippen LogP contribution in [0.3, 0.4) is 0 Å². The van der Waals surface area contributed by atoms with Gasteiger partial charge in [0.1, 0.15) is 16.6 Å². The van der Waals surface area contributed by atoms with Gasteiger partial charge in [-0.25, -0.2) is 9.37 Å². The molecule has 94 valence electrons. The van der Waals surface area contributed by atoms with Crippen LogP contribution < -0.4 is 11.1 Å². The zero-order valence-electron chi connectivity index (χ0n) is 9.85. The summed E-state index contributed by atoms with van der Waals surface area (Å²) in [6.07, 6.45) is 3.53. The molecule has 3 N–H and O–H groups in total. The van der Waals surface area contributed by atoms with Crippen molar-refractivity contribution in [2.45, 2.75) is 6.54 Å². The molecule has 1 heterocycles. The Balaban J connectivity index is 2.11. The number of aryl methyl sites for hydroxylation is 1. The van der Waals surface area contributed by atoms with Crippen LogP contribution >= 0.6 is 12.2 Å². The summed E-state index contributed by atoms with van der Waals surface area (Å²) in [5.41, 5.74) is 6.35. The Hall–Kier alpha value is -1.95. The molecular weight excluding hydrogens is 251 g/mol. The maximum atomic E-state index is 13.7. The summed E-state index contributed by atoms with van der Waals surface area (Å²) >= 11 is 4.79. The van der Waals surface area contributed by atoms with Crippen LogP contribution in [0.2, 0.25) is 0 Å². The first kappa shape index (κ1) is 12.5. The molecule has 4 nitrogen and oxygen atoms in total. The first-order chi connectivity index (χ1) is 8.58. The van der Waals surface area contributed by atoms with Gasteiger partial charge in [-0.3, -0.25) is 0 Å². The number of benzene rings is 1. The molecule has 0 unspecified atom stereocenters. The lowest BCUT2D eigenvalue weighted by atomic mass is 10.2. The van der Waals surface area contributed by atoms with Crippen LogP contribution in [0.15, 0.2) is 30.6 Å². The quantitative estimate of drug-likeness (QED) is 0.827. The summed E-state index contributed by atoms with van der Waals surface area (Å²) in [4.78, 5) is 4.33. The maximum absolute atomic E-state index is 13.7. The number of nitrogens with one attached hydrogen (secondary N) is 1. The number of hydrogen-bond donors (Lipinski definition) is 2. The van der Waals surface area contributed by atoms with Crippen molar-refractivity contribution < 1.29 is 4.39 Å². The molecule has 18 heavy (non-hydrogen) atoms. The Morgan fingerprint density at radius 1 is 1.56 bits per heavy atom. The van der Waals surface area contributed by atoms with E-state index in [1.165, 1.54) is 6.07 Å². The number of thiocarbonyl (C=S) groups is 1. The largest absolute Gasteiger partial charge is 0.389 e. The molecular formula is C12H13FN4S. The van der Waals surface area contributed by atoms with Crippen molar-refractivity contribution in [3.63, 3.8) is 0 Å². The van der Waals surface area contributed by atoms with Crippen LogP contribution in [0.5, 0.6) is 0 Å². The topological polar surface area (TPSA) is 55.9 Å². The molecule has 0 spiro atoms. The van der Waals surface area contributed by atoms with E-state index in [0.717, 1.165) is 5.82 Å². The van der Waals surface area contributed by atoms with Gasteiger partial charge >= 0.3 is 0 Å². The van der Waals surface area contributed by atoms with E-state index in [9.17, 15) is 4.39 Å². The number of anilines is 1. The minimum Gasteiger partial charge on any atom is -0.389 e. The summed E-state index contributed by atoms with van der Waals surface area (Å²) in [7, 11) is 1.89. The van der Waals surface area contributed by atoms with Crippen molar-refractivity contribution in [3.05, 3.63) is 47.8 Å². The Bertz CT molecular complexity index is 579. The van der Waals surface area contributed by atoms with Crippen LogP contribution in [-0.4, -0.2) is 14.5 Å². The van der Waals surface area contributed by atoms with E-state index in [2.05, 4.69) is 10.3 Å². The number of nitrogens with zero attached hydrogens (tertiary/aromatic N) is 2. The Morgan fingerprint density at radius 3 is 2.89 bits per heavy atom. The molecule has 1 aromatic carbocycles. The Morgan fingerprint density at radius 2 is 2.33 bits per heavy atom. The fourth-order valence-corrected chi connectivity index (χ4v) is 1.68. The van der Waals surface area contributed by atoms with E-state index in [4.69, 9.17) is 18.0 Å². The highest BCUT2D eigenvalue weighted by Gasteiger charge is 2.06. The molecule has 2 rings (SSSR count). The molecule has 0 aliphatic heterocycles. The summed E-state index contributed by atoms with van der Waals surface area (Å²) in [6, 6.07) is 4.63. The van der Waals surface area contributed by atoms with Crippen molar-refractivity contribution in [1.82, 2.24) is 9.55 Å². The number of rotatable bonds is 4. The summed E-state index contributed by atoms with van der Waals surface area (Å²) in [5.74, 6) is 0.447. The average Bonchev–Trinajstić information content (AvgIpc) is 2.73. The molecule has 0 radical (unpaired) electrons. The van der Waals surface area contributed by atoms with Crippen LogP contribution in [0.25, 0.3) is 0 Å². The van der Waals surface area contributed by atoms with E-state index in [0.29, 0.717) is 17.8 Å². The van der Waals surface area contributed by atoms with Gasteiger partial charge in [0.05, 0.1) is 12.2 Å². The van der Waals surface area contributed by atoms with Gasteiger partial charge in [0.25, 0.3) is 0 Å². The van der Waals surface area contributed by atoms with Gasteiger partial charge in [-0.1, -0.05) is 12.2 Å². The van der Waals surface area contributed by atoms with Crippen LogP contribution in [0, 0.1) is 5.82 Å². The van der Waals surface area contributed by atoms with E-state index < -0.39 is 0 Å². The Labute approximate surface area is 110 Å². The number of nitrogens with two attached hydrogens (primary N) is 1. The molecule has 0 saturated carbocycles. The first-order valence-electron chi connectivity index (χ1n) is 5.37. The fraction of sp³-hybridized carbons (Fsp3) is 0.167. The van der Waals surface area contributed by atoms with Crippen molar-refractivity contribution in [2.24, 2.45) is 12.8 Å². The Kier molecular flexibility index (Phi) is 3.57. The highest BCUT2D eigenvalue weighted by molar-refractivity contribution is 7.80. The predicted octanol–water partition coefficient (Wildman–Crippen LogP) is 1.81. The summed E-state index contributed by atoms with van der Waals surface area (Å²) in [5, 5.41) is 2.98. The first-order valence-corrected chi connectivity index (χ1v) is 5.78. The number of hydrogen-bond acceptors (Lipinski definition) is 3. The van der Waals surface area contributed by atoms with Gasteiger partial charge in [-0.05, 0) is 18.2 Å². The normalized spacial score (nSPS) is 10.3. The molecule has 0 saturated heterocycles. The summed E-state index contributed by atoms with van der Waals surface area (Å²) < 4.78 is 15.6. The zero-order chi connectivity index (χ0) is 13.1. The summed E-state index contributed by atoms with van der Waals surface area (Å²) in [6.45, 7) is 0.451. The second-order valence-electron chi connectivity index (χ2n) is 3.87. The van der Waals surface area contributed by atoms with Gasteiger partial charge in [0.2, 0.25) is 0 Å². The minimum absolute atomic E-state index is 0.185. The van der Waals surface area contributed by atoms with E-state index in [1.807, 2.05) is 17.8 Å². The standard InChI is InChI=1S/C12H13FN4S/c1-17-5-4-15-11(17)7-16-10-3-2-8(12(14)18)6-9(10)13/h2-6,16H,7H2,1H3,(H2,14,18). The highest BCUT2D eigenvalue weighted by atomic mass is 32.1. The SMILES string of the molecule is Cn1ccnc1CNc1ccc(C(N)=S)cc1F. The van der Waals surface area contributed by atoms with E-state index >= 15 is 0 Å². The molecule has 0 bridgehead atoms. The van der Waals surface area contributed by atoms with Crippen molar-refractivity contribution in [1.29, 1.82) is 0 Å². The average molecular weight is 264 g/mol. The third-order valence-electron chi connectivity index (χ3n) is 2.61. The van der Waals surface area contributed by atoms with Gasteiger partial charge in [0.15, 0.2) is 0 Å².